The van der Waals surface area contributed by atoms with Crippen LogP contribution in [0.5, 0.6) is 0 Å². The van der Waals surface area contributed by atoms with E-state index in [0.29, 0.717) is 0 Å². The second kappa shape index (κ2) is 10.4. The van der Waals surface area contributed by atoms with Gasteiger partial charge in [0.1, 0.15) is 0 Å². The van der Waals surface area contributed by atoms with E-state index in [2.05, 4.69) is 65.5 Å². The standard InChI is InChI=1S/C17H23OS.2ClH.Ti/c1-4-5-12-18-17(19-16-8-6-7-9-16)11-10-14(2)13-15(17)3;;;/h6,8,10,13H,4-5,7,11-12H2,1-3H3;2*1H;/q;;;+2/p-2. The molecular weight excluding hydrogens is 371 g/mol. The molecule has 0 radical (unpaired) electrons. The minimum Gasteiger partial charge on any atom is -1.00 e. The van der Waals surface area contributed by atoms with E-state index in [9.17, 15) is 0 Å². The summed E-state index contributed by atoms with van der Waals surface area (Å²) in [6.45, 7) is 7.44. The zero-order valence-corrected chi connectivity index (χ0v) is 17.3. The van der Waals surface area contributed by atoms with E-state index < -0.39 is 0 Å². The van der Waals surface area contributed by atoms with Crippen LogP contribution in [0.4, 0.5) is 0 Å². The Balaban J connectivity index is 0.00000220. The molecule has 5 heteroatoms. The number of allylic oxidation sites excluding steroid dienone is 5. The van der Waals surface area contributed by atoms with Gasteiger partial charge in [-0.15, -0.1) is 0 Å². The molecule has 22 heavy (non-hydrogen) atoms. The van der Waals surface area contributed by atoms with Crippen LogP contribution in [-0.4, -0.2) is 11.5 Å². The second-order valence-electron chi connectivity index (χ2n) is 5.49. The Morgan fingerprint density at radius 1 is 1.32 bits per heavy atom. The maximum Gasteiger partial charge on any atom is -1.00 e. The van der Waals surface area contributed by atoms with E-state index in [-0.39, 0.29) is 29.7 Å². The van der Waals surface area contributed by atoms with Gasteiger partial charge in [-0.1, -0.05) is 0 Å². The van der Waals surface area contributed by atoms with E-state index in [1.807, 2.05) is 11.8 Å². The fraction of sp³-hybridized carbons (Fsp3) is 0.529. The number of hydrogen-bond donors (Lipinski definition) is 0. The van der Waals surface area contributed by atoms with Crippen molar-refractivity contribution in [3.8, 4) is 0 Å². The van der Waals surface area contributed by atoms with Crippen molar-refractivity contribution < 1.29 is 50.0 Å². The monoisotopic (exact) mass is 393 g/mol. The third-order valence-electron chi connectivity index (χ3n) is 3.73. The summed E-state index contributed by atoms with van der Waals surface area (Å²) in [4.78, 5) is 1.20. The number of halogens is 2. The van der Waals surface area contributed by atoms with Crippen molar-refractivity contribution in [3.63, 3.8) is 0 Å². The second-order valence-corrected chi connectivity index (χ2v) is 7.73. The minimum absolute atomic E-state index is 0. The van der Waals surface area contributed by atoms with Crippen LogP contribution >= 0.6 is 11.8 Å². The van der Waals surface area contributed by atoms with Crippen LogP contribution in [0.15, 0.2) is 44.2 Å². The molecule has 0 aromatic carbocycles. The van der Waals surface area contributed by atoms with Crippen molar-refractivity contribution in [3.05, 3.63) is 44.2 Å². The zero-order chi connectivity index (χ0) is 14.6. The summed E-state index contributed by atoms with van der Waals surface area (Å²) in [5.74, 6) is 0. The predicted octanol–water partition coefficient (Wildman–Crippen LogP) is -0.745. The molecule has 0 heterocycles. The molecule has 2 rings (SSSR count). The van der Waals surface area contributed by atoms with E-state index in [0.717, 1.165) is 25.9 Å². The molecule has 0 saturated carbocycles. The smallest absolute Gasteiger partial charge is 1.00 e. The molecular formula is C17H23Cl2OSTi. The summed E-state index contributed by atoms with van der Waals surface area (Å²) in [7, 11) is 0. The summed E-state index contributed by atoms with van der Waals surface area (Å²) in [6, 6.07) is 0. The van der Waals surface area contributed by atoms with E-state index in [4.69, 9.17) is 4.74 Å². The van der Waals surface area contributed by atoms with Crippen LogP contribution in [0.25, 0.3) is 0 Å². The minimum atomic E-state index is -0.194. The van der Waals surface area contributed by atoms with Gasteiger partial charge in [-0.05, 0) is 0 Å². The van der Waals surface area contributed by atoms with Gasteiger partial charge in [-0.25, -0.2) is 0 Å². The molecule has 0 spiro atoms. The van der Waals surface area contributed by atoms with Crippen LogP contribution in [0, 0.1) is 0 Å². The molecule has 121 valence electrons. The van der Waals surface area contributed by atoms with Crippen LogP contribution in [0.1, 0.15) is 46.5 Å². The van der Waals surface area contributed by atoms with E-state index in [1.54, 1.807) is 0 Å². The van der Waals surface area contributed by atoms with Crippen molar-refractivity contribution >= 4 is 11.8 Å². The van der Waals surface area contributed by atoms with Crippen molar-refractivity contribution in [2.24, 2.45) is 0 Å². The topological polar surface area (TPSA) is 9.23 Å². The molecule has 2 aliphatic rings. The largest absolute Gasteiger partial charge is 1.00 e. The Labute approximate surface area is 163 Å². The third-order valence-corrected chi connectivity index (χ3v) is 6.30. The first-order valence-corrected chi connectivity index (χ1v) is 8.97. The van der Waals surface area contributed by atoms with E-state index in [1.165, 1.54) is 26.3 Å². The van der Waals surface area contributed by atoms with Gasteiger partial charge in [0.2, 0.25) is 0 Å². The number of unbranched alkanes of at least 4 members (excludes halogenated alkanes) is 1. The Morgan fingerprint density at radius 3 is 2.59 bits per heavy atom. The fourth-order valence-electron chi connectivity index (χ4n) is 2.43. The summed E-state index contributed by atoms with van der Waals surface area (Å²) in [5.41, 5.74) is 2.70. The molecule has 1 nitrogen and oxygen atoms in total. The number of thioether (sulfide) groups is 1. The third kappa shape index (κ3) is 5.58. The molecule has 0 fully saturated rings. The Bertz CT molecular complexity index is 497. The first-order chi connectivity index (χ1) is 9.57. The molecule has 0 aromatic heterocycles. The van der Waals surface area contributed by atoms with Crippen LogP contribution in [0.3, 0.4) is 0 Å². The van der Waals surface area contributed by atoms with E-state index >= 15 is 0 Å². The first kappa shape index (κ1) is 22.6. The molecule has 1 atom stereocenters. The van der Waals surface area contributed by atoms with Gasteiger partial charge in [0, 0.05) is 0 Å². The van der Waals surface area contributed by atoms with Gasteiger partial charge in [0.25, 0.3) is 0 Å². The van der Waals surface area contributed by atoms with Gasteiger partial charge < -0.3 is 24.8 Å². The average molecular weight is 394 g/mol. The van der Waals surface area contributed by atoms with Crippen molar-refractivity contribution in [2.45, 2.75) is 51.4 Å². The molecule has 0 amide bonds. The first-order valence-electron chi connectivity index (χ1n) is 7.37. The Hall–Kier alpha value is 0.564. The number of ether oxygens (including phenoxy) is 1. The molecule has 1 unspecified atom stereocenters. The maximum absolute atomic E-state index is 6.36. The number of rotatable bonds is 6. The SMILES string of the molecule is CCCCOC1(SC2=[C]([Ti+2])CC=C2)CC=C(C)C=C1C.[Cl-].[Cl-]. The maximum atomic E-state index is 6.36. The van der Waals surface area contributed by atoms with Crippen molar-refractivity contribution in [1.29, 1.82) is 0 Å². The van der Waals surface area contributed by atoms with Crippen molar-refractivity contribution in [2.75, 3.05) is 6.61 Å². The van der Waals surface area contributed by atoms with Crippen molar-refractivity contribution in [1.82, 2.24) is 0 Å². The number of hydrogen-bond acceptors (Lipinski definition) is 2. The van der Waals surface area contributed by atoms with Gasteiger partial charge in [0.05, 0.1) is 0 Å². The van der Waals surface area contributed by atoms with Gasteiger partial charge >= 0.3 is 139 Å². The van der Waals surface area contributed by atoms with Gasteiger partial charge in [0.15, 0.2) is 0 Å². The Kier molecular flexibility index (Phi) is 10.7. The molecule has 0 aromatic rings. The summed E-state index contributed by atoms with van der Waals surface area (Å²) in [6.07, 6.45) is 13.5. The molecule has 0 bridgehead atoms. The molecule has 0 saturated heterocycles. The molecule has 2 aliphatic carbocycles. The quantitative estimate of drug-likeness (QED) is 0.334. The normalized spacial score (nSPS) is 23.7. The van der Waals surface area contributed by atoms with Crippen LogP contribution < -0.4 is 24.8 Å². The average Bonchev–Trinajstić information content (AvgIpc) is 2.80. The van der Waals surface area contributed by atoms with Crippen LogP contribution in [-0.2, 0) is 25.2 Å². The molecule has 0 N–H and O–H groups in total. The summed E-state index contributed by atoms with van der Waals surface area (Å²) in [5, 5.41) is 0. The van der Waals surface area contributed by atoms with Crippen LogP contribution in [0.2, 0.25) is 0 Å². The summed E-state index contributed by atoms with van der Waals surface area (Å²) >= 11 is 4.13. The predicted molar refractivity (Wildman–Crippen MR) is 84.1 cm³/mol. The zero-order valence-electron chi connectivity index (χ0n) is 13.4. The van der Waals surface area contributed by atoms with Gasteiger partial charge in [-0.2, -0.15) is 0 Å². The fourth-order valence-corrected chi connectivity index (χ4v) is 4.24. The van der Waals surface area contributed by atoms with Gasteiger partial charge in [-0.3, -0.25) is 0 Å². The molecule has 0 aliphatic heterocycles. The Morgan fingerprint density at radius 2 is 2.05 bits per heavy atom. The summed E-state index contributed by atoms with van der Waals surface area (Å²) < 4.78 is 7.83.